The number of piperidine rings is 1. The molecule has 0 radical (unpaired) electrons. The lowest BCUT2D eigenvalue weighted by molar-refractivity contribution is -0.120. The molecule has 25 heavy (non-hydrogen) atoms. The van der Waals surface area contributed by atoms with Gasteiger partial charge in [-0.25, -0.2) is 9.97 Å². The van der Waals surface area contributed by atoms with E-state index in [1.807, 2.05) is 18.2 Å². The summed E-state index contributed by atoms with van der Waals surface area (Å²) in [5, 5.41) is 3.06. The number of nitrogens with one attached hydrogen (secondary N) is 1. The molecule has 1 atom stereocenters. The molecule has 5 nitrogen and oxygen atoms in total. The zero-order valence-electron chi connectivity index (χ0n) is 15.0. The maximum Gasteiger partial charge on any atom is 0.227 e. The fraction of sp³-hybridized carbons (Fsp3) is 0.450. The Bertz CT molecular complexity index is 679. The second-order valence-electron chi connectivity index (χ2n) is 6.73. The number of amides is 1. The van der Waals surface area contributed by atoms with Gasteiger partial charge in [-0.3, -0.25) is 4.79 Å². The Morgan fingerprint density at radius 3 is 2.44 bits per heavy atom. The number of anilines is 2. The molecule has 1 N–H and O–H groups in total. The average Bonchev–Trinajstić information content (AvgIpc) is 2.68. The van der Waals surface area contributed by atoms with Crippen molar-refractivity contribution >= 4 is 17.5 Å². The van der Waals surface area contributed by atoms with Crippen molar-refractivity contribution in [2.45, 2.75) is 39.0 Å². The number of carbonyl (C=O) groups is 1. The Hall–Kier alpha value is -2.43. The van der Waals surface area contributed by atoms with Gasteiger partial charge >= 0.3 is 0 Å². The first-order chi connectivity index (χ1) is 12.2. The first-order valence-corrected chi connectivity index (χ1v) is 9.10. The van der Waals surface area contributed by atoms with E-state index in [1.54, 1.807) is 12.4 Å². The van der Waals surface area contributed by atoms with Crippen LogP contribution in [0, 0.1) is 5.92 Å². The average molecular weight is 338 g/mol. The Kier molecular flexibility index (Phi) is 5.64. The summed E-state index contributed by atoms with van der Waals surface area (Å²) in [4.78, 5) is 23.2. The SMILES string of the molecule is CC[C@H](C)c1ccc(NC(=O)C2CCN(c3ncccn3)CC2)cc1. The number of hydrogen-bond donors (Lipinski definition) is 1. The largest absolute Gasteiger partial charge is 0.341 e. The fourth-order valence-electron chi connectivity index (χ4n) is 3.17. The molecule has 1 amide bonds. The minimum atomic E-state index is 0.0502. The maximum atomic E-state index is 12.5. The van der Waals surface area contributed by atoms with Crippen molar-refractivity contribution in [2.75, 3.05) is 23.3 Å². The monoisotopic (exact) mass is 338 g/mol. The van der Waals surface area contributed by atoms with E-state index >= 15 is 0 Å². The molecule has 2 heterocycles. The molecule has 0 bridgehead atoms. The number of hydrogen-bond acceptors (Lipinski definition) is 4. The summed E-state index contributed by atoms with van der Waals surface area (Å²) in [6.45, 7) is 6.04. The molecule has 1 saturated heterocycles. The molecule has 0 aliphatic carbocycles. The summed E-state index contributed by atoms with van der Waals surface area (Å²) >= 11 is 0. The molecule has 0 saturated carbocycles. The highest BCUT2D eigenvalue weighted by atomic mass is 16.1. The van der Waals surface area contributed by atoms with Crippen LogP contribution in [0.4, 0.5) is 11.6 Å². The number of benzene rings is 1. The van der Waals surface area contributed by atoms with Crippen molar-refractivity contribution < 1.29 is 4.79 Å². The molecule has 1 aliphatic heterocycles. The van der Waals surface area contributed by atoms with Crippen molar-refractivity contribution in [3.63, 3.8) is 0 Å². The van der Waals surface area contributed by atoms with Crippen LogP contribution in [0.15, 0.2) is 42.7 Å². The smallest absolute Gasteiger partial charge is 0.227 e. The number of carbonyl (C=O) groups excluding carboxylic acids is 1. The minimum Gasteiger partial charge on any atom is -0.341 e. The Morgan fingerprint density at radius 1 is 1.20 bits per heavy atom. The third-order valence-corrected chi connectivity index (χ3v) is 5.06. The number of nitrogens with zero attached hydrogens (tertiary/aromatic N) is 3. The zero-order valence-corrected chi connectivity index (χ0v) is 15.0. The van der Waals surface area contributed by atoms with E-state index in [0.29, 0.717) is 5.92 Å². The van der Waals surface area contributed by atoms with Crippen LogP contribution in [0.1, 0.15) is 44.6 Å². The van der Waals surface area contributed by atoms with Crippen LogP contribution in [0.2, 0.25) is 0 Å². The molecule has 1 fully saturated rings. The van der Waals surface area contributed by atoms with E-state index in [4.69, 9.17) is 0 Å². The van der Waals surface area contributed by atoms with Gasteiger partial charge in [0.1, 0.15) is 0 Å². The Morgan fingerprint density at radius 2 is 1.84 bits per heavy atom. The molecule has 3 rings (SSSR count). The summed E-state index contributed by atoms with van der Waals surface area (Å²) in [6, 6.07) is 10.0. The van der Waals surface area contributed by atoms with Gasteiger partial charge in [0, 0.05) is 37.1 Å². The lowest BCUT2D eigenvalue weighted by Crippen LogP contribution is -2.39. The lowest BCUT2D eigenvalue weighted by atomic mass is 9.95. The Balaban J connectivity index is 1.53. The number of rotatable bonds is 5. The molecular weight excluding hydrogens is 312 g/mol. The fourth-order valence-corrected chi connectivity index (χ4v) is 3.17. The van der Waals surface area contributed by atoms with Gasteiger partial charge in [-0.05, 0) is 48.9 Å². The second-order valence-corrected chi connectivity index (χ2v) is 6.73. The van der Waals surface area contributed by atoms with Crippen molar-refractivity contribution in [3.05, 3.63) is 48.3 Å². The van der Waals surface area contributed by atoms with Crippen molar-refractivity contribution in [2.24, 2.45) is 5.92 Å². The first kappa shape index (κ1) is 17.4. The highest BCUT2D eigenvalue weighted by Crippen LogP contribution is 2.23. The van der Waals surface area contributed by atoms with E-state index in [0.717, 1.165) is 44.0 Å². The standard InChI is InChI=1S/C20H26N4O/c1-3-15(2)16-5-7-18(8-6-16)23-19(25)17-9-13-24(14-10-17)20-21-11-4-12-22-20/h4-8,11-12,15,17H,3,9-10,13-14H2,1-2H3,(H,23,25)/t15-/m0/s1. The summed E-state index contributed by atoms with van der Waals surface area (Å²) in [6.07, 6.45) is 6.29. The van der Waals surface area contributed by atoms with Gasteiger partial charge in [0.25, 0.3) is 0 Å². The van der Waals surface area contributed by atoms with Gasteiger partial charge < -0.3 is 10.2 Å². The van der Waals surface area contributed by atoms with E-state index < -0.39 is 0 Å². The van der Waals surface area contributed by atoms with Crippen LogP contribution in [0.3, 0.4) is 0 Å². The minimum absolute atomic E-state index is 0.0502. The highest BCUT2D eigenvalue weighted by Gasteiger charge is 2.26. The van der Waals surface area contributed by atoms with Crippen molar-refractivity contribution in [1.82, 2.24) is 9.97 Å². The lowest BCUT2D eigenvalue weighted by Gasteiger charge is -2.31. The van der Waals surface area contributed by atoms with Crippen LogP contribution in [-0.4, -0.2) is 29.0 Å². The van der Waals surface area contributed by atoms with E-state index in [-0.39, 0.29) is 11.8 Å². The third kappa shape index (κ3) is 4.35. The van der Waals surface area contributed by atoms with E-state index in [2.05, 4.69) is 46.2 Å². The molecular formula is C20H26N4O. The predicted octanol–water partition coefficient (Wildman–Crippen LogP) is 3.85. The van der Waals surface area contributed by atoms with Crippen molar-refractivity contribution in [1.29, 1.82) is 0 Å². The molecule has 132 valence electrons. The van der Waals surface area contributed by atoms with Gasteiger partial charge in [-0.2, -0.15) is 0 Å². The van der Waals surface area contributed by atoms with Crippen LogP contribution < -0.4 is 10.2 Å². The van der Waals surface area contributed by atoms with Gasteiger partial charge in [-0.15, -0.1) is 0 Å². The van der Waals surface area contributed by atoms with Crippen LogP contribution in [0.5, 0.6) is 0 Å². The molecule has 1 aromatic heterocycles. The highest BCUT2D eigenvalue weighted by molar-refractivity contribution is 5.92. The van der Waals surface area contributed by atoms with E-state index in [9.17, 15) is 4.79 Å². The molecule has 0 spiro atoms. The third-order valence-electron chi connectivity index (χ3n) is 5.06. The molecule has 0 unspecified atom stereocenters. The second kappa shape index (κ2) is 8.10. The quantitative estimate of drug-likeness (QED) is 0.900. The normalized spacial score (nSPS) is 16.5. The maximum absolute atomic E-state index is 12.5. The van der Waals surface area contributed by atoms with Crippen LogP contribution in [0.25, 0.3) is 0 Å². The molecule has 1 aliphatic rings. The predicted molar refractivity (Wildman–Crippen MR) is 101 cm³/mol. The van der Waals surface area contributed by atoms with Crippen LogP contribution in [-0.2, 0) is 4.79 Å². The molecule has 5 heteroatoms. The summed E-state index contributed by atoms with van der Waals surface area (Å²) in [5.74, 6) is 1.47. The van der Waals surface area contributed by atoms with Gasteiger partial charge in [0.05, 0.1) is 0 Å². The Labute approximate surface area is 149 Å². The van der Waals surface area contributed by atoms with E-state index in [1.165, 1.54) is 5.56 Å². The van der Waals surface area contributed by atoms with Gasteiger partial charge in [-0.1, -0.05) is 26.0 Å². The summed E-state index contributed by atoms with van der Waals surface area (Å²) < 4.78 is 0. The number of aromatic nitrogens is 2. The molecule has 1 aromatic carbocycles. The molecule has 2 aromatic rings. The summed E-state index contributed by atoms with van der Waals surface area (Å²) in [7, 11) is 0. The topological polar surface area (TPSA) is 58.1 Å². The van der Waals surface area contributed by atoms with Crippen LogP contribution >= 0.6 is 0 Å². The van der Waals surface area contributed by atoms with Gasteiger partial charge in [0.2, 0.25) is 11.9 Å². The van der Waals surface area contributed by atoms with Gasteiger partial charge in [0.15, 0.2) is 0 Å². The van der Waals surface area contributed by atoms with Crippen molar-refractivity contribution in [3.8, 4) is 0 Å². The first-order valence-electron chi connectivity index (χ1n) is 9.10. The summed E-state index contributed by atoms with van der Waals surface area (Å²) in [5.41, 5.74) is 2.20. The zero-order chi connectivity index (χ0) is 17.6.